The first-order valence-corrected chi connectivity index (χ1v) is 13.2. The van der Waals surface area contributed by atoms with Crippen molar-refractivity contribution in [2.75, 3.05) is 38.2 Å². The molecule has 1 saturated carbocycles. The lowest BCUT2D eigenvalue weighted by Gasteiger charge is -2.58. The Balaban J connectivity index is 1.01. The molecule has 3 fully saturated rings. The lowest BCUT2D eigenvalue weighted by molar-refractivity contribution is -0.137. The van der Waals surface area contributed by atoms with Gasteiger partial charge in [0.05, 0.1) is 24.3 Å². The van der Waals surface area contributed by atoms with Crippen LogP contribution in [0.25, 0.3) is 11.0 Å². The van der Waals surface area contributed by atoms with Gasteiger partial charge < -0.3 is 19.3 Å². The Morgan fingerprint density at radius 1 is 1.03 bits per heavy atom. The number of carbonyl (C=O) groups excluding carboxylic acids is 1. The molecule has 1 amide bonds. The number of anilines is 1. The van der Waals surface area contributed by atoms with Gasteiger partial charge in [0.2, 0.25) is 0 Å². The van der Waals surface area contributed by atoms with Gasteiger partial charge in [0.15, 0.2) is 0 Å². The van der Waals surface area contributed by atoms with Crippen molar-refractivity contribution in [3.05, 3.63) is 60.3 Å². The van der Waals surface area contributed by atoms with Crippen LogP contribution in [0.3, 0.4) is 0 Å². The molecule has 37 heavy (non-hydrogen) atoms. The summed E-state index contributed by atoms with van der Waals surface area (Å²) in [7, 11) is 1.65. The van der Waals surface area contributed by atoms with Gasteiger partial charge in [0.1, 0.15) is 17.7 Å². The zero-order valence-electron chi connectivity index (χ0n) is 21.8. The van der Waals surface area contributed by atoms with E-state index in [1.165, 1.54) is 5.56 Å². The Bertz CT molecular complexity index is 1270. The molecule has 0 bridgehead atoms. The largest absolute Gasteiger partial charge is 0.497 e. The average Bonchev–Trinajstić information content (AvgIpc) is 2.87. The number of carbonyl (C=O) groups is 1. The van der Waals surface area contributed by atoms with Gasteiger partial charge in [0, 0.05) is 56.3 Å². The summed E-state index contributed by atoms with van der Waals surface area (Å²) < 4.78 is 11.3. The SMILES string of the molecule is COc1ccc2nc(N3C[C@@H](C)N(C(=O)OC4CC5(C4)CN(Cc4ccccc4)C5)C[C@@H]3C)cnc2c1. The minimum Gasteiger partial charge on any atom is -0.497 e. The van der Waals surface area contributed by atoms with Crippen LogP contribution in [0.5, 0.6) is 5.75 Å². The highest BCUT2D eigenvalue weighted by Gasteiger charge is 2.54. The topological polar surface area (TPSA) is 71.0 Å². The molecule has 2 atom stereocenters. The van der Waals surface area contributed by atoms with E-state index in [0.29, 0.717) is 18.5 Å². The maximum Gasteiger partial charge on any atom is 0.410 e. The highest BCUT2D eigenvalue weighted by molar-refractivity contribution is 5.77. The van der Waals surface area contributed by atoms with E-state index in [1.54, 1.807) is 7.11 Å². The maximum absolute atomic E-state index is 13.1. The molecule has 8 nitrogen and oxygen atoms in total. The Morgan fingerprint density at radius 3 is 2.57 bits per heavy atom. The van der Waals surface area contributed by atoms with Crippen LogP contribution >= 0.6 is 0 Å². The van der Waals surface area contributed by atoms with Gasteiger partial charge in [-0.05, 0) is 44.4 Å². The molecule has 3 heterocycles. The molecule has 0 radical (unpaired) electrons. The number of hydrogen-bond donors (Lipinski definition) is 0. The van der Waals surface area contributed by atoms with Crippen LogP contribution in [-0.4, -0.2) is 77.3 Å². The number of benzene rings is 2. The van der Waals surface area contributed by atoms with E-state index in [9.17, 15) is 4.79 Å². The van der Waals surface area contributed by atoms with Crippen molar-refractivity contribution in [2.45, 2.75) is 51.4 Å². The maximum atomic E-state index is 13.1. The van der Waals surface area contributed by atoms with E-state index in [0.717, 1.165) is 55.1 Å². The molecule has 0 unspecified atom stereocenters. The van der Waals surface area contributed by atoms with E-state index < -0.39 is 0 Å². The molecule has 6 rings (SSSR count). The standard InChI is InChI=1S/C29H35N5O3/c1-20-16-34(21(2)15-33(20)27-14-30-26-11-23(36-3)9-10-25(26)31-27)28(35)37-24-12-29(13-24)18-32(19-29)17-22-7-5-4-6-8-22/h4-11,14,20-21,24H,12-13,15-19H2,1-3H3/t20-,21+/m0/s1. The molecule has 2 saturated heterocycles. The molecule has 2 aliphatic heterocycles. The number of ether oxygens (including phenoxy) is 2. The fourth-order valence-electron chi connectivity index (χ4n) is 6.26. The lowest BCUT2D eigenvalue weighted by atomic mass is 9.61. The molecule has 0 N–H and O–H groups in total. The average molecular weight is 502 g/mol. The molecule has 1 aliphatic carbocycles. The quantitative estimate of drug-likeness (QED) is 0.515. The summed E-state index contributed by atoms with van der Waals surface area (Å²) in [5.74, 6) is 1.60. The number of aromatic nitrogens is 2. The first kappa shape index (κ1) is 24.0. The third-order valence-electron chi connectivity index (χ3n) is 8.21. The summed E-state index contributed by atoms with van der Waals surface area (Å²) >= 11 is 0. The van der Waals surface area contributed by atoms with Crippen LogP contribution in [0.1, 0.15) is 32.3 Å². The van der Waals surface area contributed by atoms with E-state index in [1.807, 2.05) is 29.3 Å². The number of rotatable bonds is 5. The van der Waals surface area contributed by atoms with Gasteiger partial charge in [-0.25, -0.2) is 9.78 Å². The van der Waals surface area contributed by atoms with Gasteiger partial charge >= 0.3 is 6.09 Å². The van der Waals surface area contributed by atoms with E-state index in [4.69, 9.17) is 14.5 Å². The van der Waals surface area contributed by atoms with E-state index in [-0.39, 0.29) is 24.3 Å². The molecular formula is C29H35N5O3. The Labute approximate surface area is 218 Å². The highest BCUT2D eigenvalue weighted by atomic mass is 16.6. The molecule has 3 aliphatic rings. The summed E-state index contributed by atoms with van der Waals surface area (Å²) in [6.07, 6.45) is 3.62. The van der Waals surface area contributed by atoms with Gasteiger partial charge in [-0.15, -0.1) is 0 Å². The Hall–Kier alpha value is -3.39. The molecule has 1 spiro atoms. The predicted octanol–water partition coefficient (Wildman–Crippen LogP) is 4.34. The van der Waals surface area contributed by atoms with Gasteiger partial charge in [0.25, 0.3) is 0 Å². The summed E-state index contributed by atoms with van der Waals surface area (Å²) in [6.45, 7) is 8.70. The normalized spacial score (nSPS) is 23.5. The summed E-state index contributed by atoms with van der Waals surface area (Å²) in [5, 5.41) is 0. The number of hydrogen-bond acceptors (Lipinski definition) is 7. The third kappa shape index (κ3) is 4.70. The molecule has 2 aromatic carbocycles. The number of piperazine rings is 1. The molecular weight excluding hydrogens is 466 g/mol. The van der Waals surface area contributed by atoms with Gasteiger partial charge in [-0.1, -0.05) is 30.3 Å². The van der Waals surface area contributed by atoms with Crippen LogP contribution in [0.2, 0.25) is 0 Å². The highest BCUT2D eigenvalue weighted by Crippen LogP contribution is 2.50. The van der Waals surface area contributed by atoms with Crippen LogP contribution < -0.4 is 9.64 Å². The zero-order valence-corrected chi connectivity index (χ0v) is 21.8. The molecule has 1 aromatic heterocycles. The summed E-state index contributed by atoms with van der Waals surface area (Å²) in [5.41, 5.74) is 3.34. The Morgan fingerprint density at radius 2 is 1.81 bits per heavy atom. The van der Waals surface area contributed by atoms with Crippen molar-refractivity contribution in [1.82, 2.24) is 19.8 Å². The smallest absolute Gasteiger partial charge is 0.410 e. The van der Waals surface area contributed by atoms with Crippen molar-refractivity contribution in [1.29, 1.82) is 0 Å². The number of likely N-dealkylation sites (tertiary alicyclic amines) is 1. The van der Waals surface area contributed by atoms with Crippen molar-refractivity contribution in [3.8, 4) is 5.75 Å². The van der Waals surface area contributed by atoms with Crippen LogP contribution in [0.15, 0.2) is 54.7 Å². The monoisotopic (exact) mass is 501 g/mol. The second-order valence-electron chi connectivity index (χ2n) is 11.1. The number of methoxy groups -OCH3 is 1. The molecule has 8 heteroatoms. The van der Waals surface area contributed by atoms with Crippen LogP contribution in [0, 0.1) is 5.41 Å². The van der Waals surface area contributed by atoms with Crippen molar-refractivity contribution in [2.24, 2.45) is 5.41 Å². The van der Waals surface area contributed by atoms with Crippen molar-refractivity contribution in [3.63, 3.8) is 0 Å². The van der Waals surface area contributed by atoms with Crippen molar-refractivity contribution < 1.29 is 14.3 Å². The van der Waals surface area contributed by atoms with Gasteiger partial charge in [-0.2, -0.15) is 0 Å². The minimum atomic E-state index is -0.184. The Kier molecular flexibility index (Phi) is 6.15. The zero-order chi connectivity index (χ0) is 25.6. The fraction of sp³-hybridized carbons (Fsp3) is 0.483. The third-order valence-corrected chi connectivity index (χ3v) is 8.21. The number of nitrogens with zero attached hydrogens (tertiary/aromatic N) is 5. The second-order valence-corrected chi connectivity index (χ2v) is 11.1. The lowest BCUT2D eigenvalue weighted by Crippen LogP contribution is -2.64. The molecule has 194 valence electrons. The first-order valence-electron chi connectivity index (χ1n) is 13.2. The summed E-state index contributed by atoms with van der Waals surface area (Å²) in [6, 6.07) is 16.5. The van der Waals surface area contributed by atoms with Gasteiger partial charge in [-0.3, -0.25) is 9.88 Å². The first-order chi connectivity index (χ1) is 17.9. The van der Waals surface area contributed by atoms with Crippen LogP contribution in [0.4, 0.5) is 10.6 Å². The number of fused-ring (bicyclic) bond motifs is 1. The minimum absolute atomic E-state index is 0.0242. The summed E-state index contributed by atoms with van der Waals surface area (Å²) in [4.78, 5) is 29.1. The van der Waals surface area contributed by atoms with E-state index in [2.05, 4.69) is 59.0 Å². The fourth-order valence-corrected chi connectivity index (χ4v) is 6.26. The number of amides is 1. The van der Waals surface area contributed by atoms with E-state index >= 15 is 0 Å². The van der Waals surface area contributed by atoms with Crippen LogP contribution in [-0.2, 0) is 11.3 Å². The van der Waals surface area contributed by atoms with Crippen molar-refractivity contribution >= 4 is 22.9 Å². The predicted molar refractivity (Wildman–Crippen MR) is 143 cm³/mol. The molecule has 3 aromatic rings. The second kappa shape index (κ2) is 9.49.